The number of aromatic amines is 1. The molecule has 8 N–H and O–H groups in total. The first kappa shape index (κ1) is 26.4. The monoisotopic (exact) mass is 509 g/mol. The topological polar surface area (TPSA) is 253 Å². The molecule has 3 unspecified atom stereocenters. The second kappa shape index (κ2) is 10.9. The molecule has 31 heavy (non-hydrogen) atoms. The van der Waals surface area contributed by atoms with Gasteiger partial charge in [-0.1, -0.05) is 0 Å². The molecule has 16 nitrogen and oxygen atoms in total. The summed E-state index contributed by atoms with van der Waals surface area (Å²) in [6.45, 7) is -0.486. The van der Waals surface area contributed by atoms with E-state index in [0.717, 1.165) is 4.57 Å². The number of rotatable bonds is 11. The zero-order valence-corrected chi connectivity index (χ0v) is 18.4. The van der Waals surface area contributed by atoms with E-state index in [1.165, 1.54) is 6.20 Å². The molecule has 0 aromatic carbocycles. The smallest absolute Gasteiger partial charge is 0.390 e. The lowest BCUT2D eigenvalue weighted by molar-refractivity contribution is -0.0450. The van der Waals surface area contributed by atoms with Crippen molar-refractivity contribution in [1.29, 1.82) is 0 Å². The van der Waals surface area contributed by atoms with Gasteiger partial charge in [0.2, 0.25) is 0 Å². The summed E-state index contributed by atoms with van der Waals surface area (Å²) >= 11 is 0. The van der Waals surface area contributed by atoms with Crippen LogP contribution in [0.15, 0.2) is 15.8 Å². The van der Waals surface area contributed by atoms with Crippen molar-refractivity contribution >= 4 is 24.2 Å². The van der Waals surface area contributed by atoms with Crippen LogP contribution in [0, 0.1) is 0 Å². The first-order chi connectivity index (χ1) is 14.3. The first-order valence-electron chi connectivity index (χ1n) is 8.60. The van der Waals surface area contributed by atoms with E-state index in [-0.39, 0.29) is 12.0 Å². The Bertz CT molecular complexity index is 965. The van der Waals surface area contributed by atoms with Crippen molar-refractivity contribution in [3.05, 3.63) is 32.6 Å². The quantitative estimate of drug-likeness (QED) is 0.168. The van der Waals surface area contributed by atoms with Crippen molar-refractivity contribution in [2.45, 2.75) is 37.7 Å². The number of aliphatic hydroxyl groups excluding tert-OH is 1. The van der Waals surface area contributed by atoms with E-state index in [0.29, 0.717) is 19.4 Å². The van der Waals surface area contributed by atoms with Gasteiger partial charge in [0.15, 0.2) is 0 Å². The molecule has 0 aliphatic carbocycles. The molecule has 0 saturated carbocycles. The van der Waals surface area contributed by atoms with Gasteiger partial charge in [0.05, 0.1) is 12.7 Å². The normalized spacial score (nSPS) is 25.5. The fourth-order valence-electron chi connectivity index (χ4n) is 2.68. The molecule has 1 aliphatic rings. The summed E-state index contributed by atoms with van der Waals surface area (Å²) in [6, 6.07) is 0. The summed E-state index contributed by atoms with van der Waals surface area (Å²) in [5, 5.41) is 10.1. The van der Waals surface area contributed by atoms with Crippen molar-refractivity contribution in [2.24, 2.45) is 5.73 Å². The SMILES string of the molecule is NCCCc1cn([C@H]2CC(O)[C@@H](COP(=O)(O)OP(=O)(O)OP(O)O)O2)c(=O)[nH]c1=O. The molecular formula is C12H22N3O13P3. The van der Waals surface area contributed by atoms with E-state index in [9.17, 15) is 28.7 Å². The Morgan fingerprint density at radius 2 is 1.97 bits per heavy atom. The first-order valence-corrected chi connectivity index (χ1v) is 12.8. The Kier molecular flexibility index (Phi) is 9.26. The van der Waals surface area contributed by atoms with Crippen LogP contribution in [-0.4, -0.2) is 59.6 Å². The summed E-state index contributed by atoms with van der Waals surface area (Å²) in [5.74, 6) is 0. The van der Waals surface area contributed by atoms with Gasteiger partial charge in [-0.05, 0) is 19.4 Å². The minimum Gasteiger partial charge on any atom is -0.390 e. The highest BCUT2D eigenvalue weighted by atomic mass is 31.3. The fourth-order valence-corrected chi connectivity index (χ4v) is 5.37. The summed E-state index contributed by atoms with van der Waals surface area (Å²) < 4.78 is 41.6. The Labute approximate surface area is 175 Å². The third kappa shape index (κ3) is 7.91. The van der Waals surface area contributed by atoms with Gasteiger partial charge in [-0.2, -0.15) is 4.31 Å². The van der Waals surface area contributed by atoms with E-state index in [1.54, 1.807) is 0 Å². The van der Waals surface area contributed by atoms with Gasteiger partial charge in [0.25, 0.3) is 5.56 Å². The number of nitrogens with two attached hydrogens (primary N) is 1. The lowest BCUT2D eigenvalue weighted by atomic mass is 10.1. The average Bonchev–Trinajstić information content (AvgIpc) is 2.97. The van der Waals surface area contributed by atoms with Crippen LogP contribution in [0.1, 0.15) is 24.6 Å². The fraction of sp³-hybridized carbons (Fsp3) is 0.667. The van der Waals surface area contributed by atoms with E-state index in [2.05, 4.69) is 18.1 Å². The van der Waals surface area contributed by atoms with Gasteiger partial charge >= 0.3 is 29.9 Å². The zero-order chi connectivity index (χ0) is 23.4. The standard InChI is InChI=1S/C12H22N3O13P3/c13-3-1-2-7-5-15(12(18)14-11(7)17)10-4-8(16)9(26-10)6-25-30(21,22)28-31(23,24)27-29(19)20/h5,8-10,16,19-20H,1-4,6,13H2,(H,21,22)(H,23,24)(H,14,17,18)/t8?,9-,10-/m1/s1. The highest BCUT2D eigenvalue weighted by Crippen LogP contribution is 2.64. The molecule has 0 bridgehead atoms. The summed E-state index contributed by atoms with van der Waals surface area (Å²) in [4.78, 5) is 61.8. The van der Waals surface area contributed by atoms with E-state index in [4.69, 9.17) is 25.2 Å². The molecule has 2 rings (SSSR count). The second-order valence-electron chi connectivity index (χ2n) is 6.29. The molecule has 0 amide bonds. The second-order valence-corrected chi connectivity index (χ2v) is 10.2. The Hall–Kier alpha value is -0.830. The number of phosphoric acid groups is 2. The number of aliphatic hydroxyl groups is 1. The number of aromatic nitrogens is 2. The Morgan fingerprint density at radius 1 is 1.29 bits per heavy atom. The van der Waals surface area contributed by atoms with E-state index < -0.39 is 60.5 Å². The summed E-state index contributed by atoms with van der Waals surface area (Å²) in [7, 11) is -13.9. The average molecular weight is 509 g/mol. The molecule has 1 aromatic heterocycles. The Balaban J connectivity index is 2.05. The maximum absolute atomic E-state index is 12.1. The molecule has 1 aliphatic heterocycles. The molecule has 1 fully saturated rings. The Morgan fingerprint density at radius 3 is 2.58 bits per heavy atom. The van der Waals surface area contributed by atoms with Gasteiger partial charge < -0.3 is 35.2 Å². The molecule has 178 valence electrons. The third-order valence-electron chi connectivity index (χ3n) is 3.99. The number of nitrogens with zero attached hydrogens (tertiary/aromatic N) is 1. The van der Waals surface area contributed by atoms with Crippen LogP contribution in [0.5, 0.6) is 0 Å². The molecule has 5 atom stereocenters. The van der Waals surface area contributed by atoms with Crippen molar-refractivity contribution in [1.82, 2.24) is 9.55 Å². The van der Waals surface area contributed by atoms with Gasteiger partial charge in [0.1, 0.15) is 12.3 Å². The van der Waals surface area contributed by atoms with Crippen LogP contribution < -0.4 is 17.0 Å². The number of hydrogen-bond acceptors (Lipinski definition) is 12. The molecule has 1 saturated heterocycles. The third-order valence-corrected chi connectivity index (χ3v) is 7.53. The van der Waals surface area contributed by atoms with Crippen LogP contribution in [-0.2, 0) is 33.4 Å². The number of aryl methyl sites for hydroxylation is 1. The number of H-pyrrole nitrogens is 1. The molecule has 19 heteroatoms. The number of ether oxygens (including phenoxy) is 1. The van der Waals surface area contributed by atoms with E-state index in [1.807, 2.05) is 0 Å². The van der Waals surface area contributed by atoms with Gasteiger partial charge in [-0.25, -0.2) is 18.2 Å². The summed E-state index contributed by atoms with van der Waals surface area (Å²) in [5.41, 5.74) is 4.29. The summed E-state index contributed by atoms with van der Waals surface area (Å²) in [6.07, 6.45) is -1.68. The zero-order valence-electron chi connectivity index (χ0n) is 15.7. The lowest BCUT2D eigenvalue weighted by Crippen LogP contribution is -2.34. The maximum Gasteiger partial charge on any atom is 0.487 e. The lowest BCUT2D eigenvalue weighted by Gasteiger charge is -2.19. The minimum atomic E-state index is -5.33. The van der Waals surface area contributed by atoms with Crippen molar-refractivity contribution < 1.29 is 51.7 Å². The van der Waals surface area contributed by atoms with E-state index >= 15 is 0 Å². The highest BCUT2D eigenvalue weighted by Gasteiger charge is 2.41. The number of nitrogens with one attached hydrogen (secondary N) is 1. The van der Waals surface area contributed by atoms with Crippen LogP contribution in [0.3, 0.4) is 0 Å². The number of hydrogen-bond donors (Lipinski definition) is 7. The van der Waals surface area contributed by atoms with Crippen molar-refractivity contribution in [3.8, 4) is 0 Å². The highest BCUT2D eigenvalue weighted by molar-refractivity contribution is 7.65. The maximum atomic E-state index is 12.1. The molecule has 0 radical (unpaired) electrons. The van der Waals surface area contributed by atoms with Crippen LogP contribution >= 0.6 is 24.2 Å². The predicted molar refractivity (Wildman–Crippen MR) is 102 cm³/mol. The minimum absolute atomic E-state index is 0.145. The molecule has 1 aromatic rings. The van der Waals surface area contributed by atoms with Crippen molar-refractivity contribution in [2.75, 3.05) is 13.2 Å². The molecular weight excluding hydrogens is 487 g/mol. The molecule has 0 spiro atoms. The van der Waals surface area contributed by atoms with Gasteiger partial charge in [0, 0.05) is 18.2 Å². The largest absolute Gasteiger partial charge is 0.487 e. The number of phosphoric ester groups is 1. The van der Waals surface area contributed by atoms with Crippen molar-refractivity contribution in [3.63, 3.8) is 0 Å². The van der Waals surface area contributed by atoms with Crippen LogP contribution in [0.4, 0.5) is 0 Å². The predicted octanol–water partition coefficient (Wildman–Crippen LogP) is -1.46. The molecule has 2 heterocycles. The van der Waals surface area contributed by atoms with Gasteiger partial charge in [-0.15, -0.1) is 0 Å². The van der Waals surface area contributed by atoms with Crippen LogP contribution in [0.25, 0.3) is 0 Å². The van der Waals surface area contributed by atoms with Gasteiger partial charge in [-0.3, -0.25) is 18.9 Å². The van der Waals surface area contributed by atoms with Crippen LogP contribution in [0.2, 0.25) is 0 Å².